The highest BCUT2D eigenvalue weighted by Gasteiger charge is 2.18. The SMILES string of the molecule is CCCCC(C)C(C)CC(C)C(C)CC. The molecule has 0 heterocycles. The molecule has 0 aliphatic carbocycles. The van der Waals surface area contributed by atoms with Gasteiger partial charge < -0.3 is 0 Å². The Kier molecular flexibility index (Phi) is 8.19. The van der Waals surface area contributed by atoms with Gasteiger partial charge in [0.15, 0.2) is 0 Å². The van der Waals surface area contributed by atoms with E-state index >= 15 is 0 Å². The number of hydrogen-bond donors (Lipinski definition) is 0. The lowest BCUT2D eigenvalue weighted by atomic mass is 9.80. The van der Waals surface area contributed by atoms with Crippen molar-refractivity contribution in [2.24, 2.45) is 23.7 Å². The second kappa shape index (κ2) is 8.19. The van der Waals surface area contributed by atoms with Crippen LogP contribution in [0.1, 0.15) is 73.6 Å². The van der Waals surface area contributed by atoms with Gasteiger partial charge in [0.05, 0.1) is 0 Å². The van der Waals surface area contributed by atoms with Crippen LogP contribution in [0, 0.1) is 23.7 Å². The lowest BCUT2D eigenvalue weighted by molar-refractivity contribution is 0.248. The monoisotopic (exact) mass is 212 g/mol. The largest absolute Gasteiger partial charge is 0.0654 e. The van der Waals surface area contributed by atoms with E-state index in [2.05, 4.69) is 41.5 Å². The maximum Gasteiger partial charge on any atom is -0.0414 e. The summed E-state index contributed by atoms with van der Waals surface area (Å²) in [5.41, 5.74) is 0. The van der Waals surface area contributed by atoms with Crippen LogP contribution in [0.2, 0.25) is 0 Å². The summed E-state index contributed by atoms with van der Waals surface area (Å²) >= 11 is 0. The van der Waals surface area contributed by atoms with Gasteiger partial charge in [-0.3, -0.25) is 0 Å². The van der Waals surface area contributed by atoms with E-state index in [1.165, 1.54) is 32.1 Å². The van der Waals surface area contributed by atoms with Gasteiger partial charge in [-0.15, -0.1) is 0 Å². The molecule has 4 unspecified atom stereocenters. The topological polar surface area (TPSA) is 0 Å². The summed E-state index contributed by atoms with van der Waals surface area (Å²) < 4.78 is 0. The maximum atomic E-state index is 2.44. The molecule has 0 amide bonds. The van der Waals surface area contributed by atoms with Crippen molar-refractivity contribution in [2.75, 3.05) is 0 Å². The quantitative estimate of drug-likeness (QED) is 0.497. The molecular formula is C15H32. The van der Waals surface area contributed by atoms with Crippen molar-refractivity contribution in [3.8, 4) is 0 Å². The van der Waals surface area contributed by atoms with Crippen LogP contribution in [0.4, 0.5) is 0 Å². The minimum Gasteiger partial charge on any atom is -0.0654 e. The summed E-state index contributed by atoms with van der Waals surface area (Å²) in [6, 6.07) is 0. The van der Waals surface area contributed by atoms with E-state index in [9.17, 15) is 0 Å². The van der Waals surface area contributed by atoms with E-state index in [1.54, 1.807) is 0 Å². The number of hydrogen-bond acceptors (Lipinski definition) is 0. The molecule has 0 fully saturated rings. The van der Waals surface area contributed by atoms with Crippen molar-refractivity contribution in [3.63, 3.8) is 0 Å². The Balaban J connectivity index is 3.84. The maximum absolute atomic E-state index is 2.44. The summed E-state index contributed by atoms with van der Waals surface area (Å²) in [5.74, 6) is 3.61. The molecule has 15 heavy (non-hydrogen) atoms. The van der Waals surface area contributed by atoms with Crippen LogP contribution in [0.15, 0.2) is 0 Å². The highest BCUT2D eigenvalue weighted by Crippen LogP contribution is 2.28. The first-order valence-corrected chi connectivity index (χ1v) is 7.02. The van der Waals surface area contributed by atoms with Crippen LogP contribution in [0.3, 0.4) is 0 Å². The van der Waals surface area contributed by atoms with Crippen LogP contribution in [0.25, 0.3) is 0 Å². The first kappa shape index (κ1) is 15.0. The third-order valence-electron chi connectivity index (χ3n) is 4.34. The molecule has 0 heteroatoms. The van der Waals surface area contributed by atoms with Gasteiger partial charge in [0, 0.05) is 0 Å². The van der Waals surface area contributed by atoms with Gasteiger partial charge in [-0.2, -0.15) is 0 Å². The molecule has 0 saturated heterocycles. The Hall–Kier alpha value is 0. The molecule has 0 saturated carbocycles. The molecule has 0 nitrogen and oxygen atoms in total. The van der Waals surface area contributed by atoms with Gasteiger partial charge >= 0.3 is 0 Å². The van der Waals surface area contributed by atoms with Crippen LogP contribution >= 0.6 is 0 Å². The van der Waals surface area contributed by atoms with Crippen molar-refractivity contribution in [2.45, 2.75) is 73.6 Å². The first-order valence-electron chi connectivity index (χ1n) is 7.02. The average Bonchev–Trinajstić information content (AvgIpc) is 2.24. The van der Waals surface area contributed by atoms with Gasteiger partial charge in [-0.05, 0) is 30.1 Å². The van der Waals surface area contributed by atoms with Crippen molar-refractivity contribution in [3.05, 3.63) is 0 Å². The van der Waals surface area contributed by atoms with Gasteiger partial charge in [-0.1, -0.05) is 67.2 Å². The summed E-state index contributed by atoms with van der Waals surface area (Å²) in [4.78, 5) is 0. The molecular weight excluding hydrogens is 180 g/mol. The molecule has 0 aromatic heterocycles. The zero-order valence-electron chi connectivity index (χ0n) is 11.8. The smallest absolute Gasteiger partial charge is 0.0414 e. The second-order valence-corrected chi connectivity index (χ2v) is 5.70. The van der Waals surface area contributed by atoms with E-state index in [0.29, 0.717) is 0 Å². The lowest BCUT2D eigenvalue weighted by Gasteiger charge is -2.26. The van der Waals surface area contributed by atoms with Gasteiger partial charge in [0.1, 0.15) is 0 Å². The molecule has 0 N–H and O–H groups in total. The molecule has 0 aliphatic heterocycles. The average molecular weight is 212 g/mol. The molecule has 0 radical (unpaired) electrons. The number of unbranched alkanes of at least 4 members (excludes halogenated alkanes) is 1. The van der Waals surface area contributed by atoms with Crippen LogP contribution < -0.4 is 0 Å². The fraction of sp³-hybridized carbons (Fsp3) is 1.00. The fourth-order valence-electron chi connectivity index (χ4n) is 2.26. The van der Waals surface area contributed by atoms with Crippen molar-refractivity contribution in [1.82, 2.24) is 0 Å². The van der Waals surface area contributed by atoms with Gasteiger partial charge in [0.2, 0.25) is 0 Å². The Morgan fingerprint density at radius 2 is 1.27 bits per heavy atom. The van der Waals surface area contributed by atoms with E-state index in [4.69, 9.17) is 0 Å². The molecule has 4 atom stereocenters. The minimum absolute atomic E-state index is 0.894. The van der Waals surface area contributed by atoms with Crippen molar-refractivity contribution >= 4 is 0 Å². The standard InChI is InChI=1S/C15H32/c1-7-9-10-13(4)15(6)11-14(5)12(3)8-2/h12-15H,7-11H2,1-6H3. The van der Waals surface area contributed by atoms with Crippen LogP contribution in [-0.2, 0) is 0 Å². The second-order valence-electron chi connectivity index (χ2n) is 5.70. The van der Waals surface area contributed by atoms with Gasteiger partial charge in [-0.25, -0.2) is 0 Å². The van der Waals surface area contributed by atoms with E-state index in [-0.39, 0.29) is 0 Å². The van der Waals surface area contributed by atoms with E-state index in [1.807, 2.05) is 0 Å². The molecule has 0 rings (SSSR count). The summed E-state index contributed by atoms with van der Waals surface area (Å²) in [5, 5.41) is 0. The lowest BCUT2D eigenvalue weighted by Crippen LogP contribution is -2.16. The minimum atomic E-state index is 0.894. The molecule has 0 aliphatic rings. The molecule has 0 bridgehead atoms. The van der Waals surface area contributed by atoms with Crippen molar-refractivity contribution < 1.29 is 0 Å². The Bertz CT molecular complexity index is 139. The Morgan fingerprint density at radius 3 is 1.73 bits per heavy atom. The molecule has 92 valence electrons. The van der Waals surface area contributed by atoms with E-state index in [0.717, 1.165) is 23.7 Å². The normalized spacial score (nSPS) is 19.6. The van der Waals surface area contributed by atoms with Crippen LogP contribution in [0.5, 0.6) is 0 Å². The van der Waals surface area contributed by atoms with Gasteiger partial charge in [0.25, 0.3) is 0 Å². The van der Waals surface area contributed by atoms with Crippen molar-refractivity contribution in [1.29, 1.82) is 0 Å². The highest BCUT2D eigenvalue weighted by atomic mass is 14.2. The molecule has 0 aromatic carbocycles. The van der Waals surface area contributed by atoms with Crippen LogP contribution in [-0.4, -0.2) is 0 Å². The first-order chi connectivity index (χ1) is 7.02. The predicted octanol–water partition coefficient (Wildman–Crippen LogP) is 5.52. The Morgan fingerprint density at radius 1 is 0.733 bits per heavy atom. The van der Waals surface area contributed by atoms with E-state index < -0.39 is 0 Å². The third-order valence-corrected chi connectivity index (χ3v) is 4.34. The summed E-state index contributed by atoms with van der Waals surface area (Å²) in [6.45, 7) is 14.3. The zero-order valence-corrected chi connectivity index (χ0v) is 11.8. The summed E-state index contributed by atoms with van der Waals surface area (Å²) in [6.07, 6.45) is 6.92. The zero-order chi connectivity index (χ0) is 11.8. The Labute approximate surface area is 97.8 Å². The summed E-state index contributed by atoms with van der Waals surface area (Å²) in [7, 11) is 0. The molecule has 0 aromatic rings. The molecule has 0 spiro atoms. The predicted molar refractivity (Wildman–Crippen MR) is 71.1 cm³/mol. The number of rotatable bonds is 8. The third kappa shape index (κ3) is 6.22. The fourth-order valence-corrected chi connectivity index (χ4v) is 2.26. The highest BCUT2D eigenvalue weighted by molar-refractivity contribution is 4.68.